The van der Waals surface area contributed by atoms with Gasteiger partial charge in [0.2, 0.25) is 5.91 Å². The molecule has 0 aliphatic carbocycles. The number of anilines is 1. The van der Waals surface area contributed by atoms with Gasteiger partial charge in [-0.25, -0.2) is 4.98 Å². The van der Waals surface area contributed by atoms with Crippen LogP contribution in [0.25, 0.3) is 6.08 Å². The van der Waals surface area contributed by atoms with Crippen LogP contribution in [0.1, 0.15) is 11.1 Å². The number of rotatable bonds is 3. The largest absolute Gasteiger partial charge is 0.419 e. The van der Waals surface area contributed by atoms with E-state index in [-0.39, 0.29) is 5.91 Å². The number of halogens is 3. The van der Waals surface area contributed by atoms with Crippen molar-refractivity contribution in [2.75, 3.05) is 31.1 Å². The normalized spacial score (nSPS) is 15.5. The van der Waals surface area contributed by atoms with Crippen LogP contribution in [0, 0.1) is 0 Å². The van der Waals surface area contributed by atoms with E-state index in [4.69, 9.17) is 0 Å². The Morgan fingerprint density at radius 1 is 1.00 bits per heavy atom. The van der Waals surface area contributed by atoms with Gasteiger partial charge in [0.25, 0.3) is 5.82 Å². The minimum Gasteiger partial charge on any atom is -0.331 e. The maximum absolute atomic E-state index is 12.6. The van der Waals surface area contributed by atoms with Gasteiger partial charge in [0.05, 0.1) is 18.7 Å². The molecule has 2 aromatic rings. The lowest BCUT2D eigenvalue weighted by atomic mass is 10.2. The zero-order chi connectivity index (χ0) is 18.6. The molecule has 3 rings (SSSR count). The number of alkyl halides is 3. The molecule has 136 valence electrons. The van der Waals surface area contributed by atoms with Gasteiger partial charge in [0.15, 0.2) is 0 Å². The minimum atomic E-state index is -4.36. The quantitative estimate of drug-likeness (QED) is 0.788. The van der Waals surface area contributed by atoms with E-state index in [1.807, 2.05) is 35.2 Å². The van der Waals surface area contributed by atoms with E-state index in [1.165, 1.54) is 6.07 Å². The number of amides is 1. The molecular formula is C19H19F3N3O+. The monoisotopic (exact) mass is 362 g/mol. The van der Waals surface area contributed by atoms with Crippen molar-refractivity contribution in [1.29, 1.82) is 0 Å². The van der Waals surface area contributed by atoms with Gasteiger partial charge in [-0.3, -0.25) is 9.69 Å². The first kappa shape index (κ1) is 18.0. The molecule has 26 heavy (non-hydrogen) atoms. The molecular weight excluding hydrogens is 343 g/mol. The van der Waals surface area contributed by atoms with Gasteiger partial charge in [0.1, 0.15) is 19.3 Å². The summed E-state index contributed by atoms with van der Waals surface area (Å²) in [4.78, 5) is 18.6. The second kappa shape index (κ2) is 7.59. The molecule has 0 unspecified atom stereocenters. The molecule has 1 aliphatic heterocycles. The molecule has 1 fully saturated rings. The highest BCUT2D eigenvalue weighted by molar-refractivity contribution is 5.91. The fraction of sp³-hybridized carbons (Fsp3) is 0.263. The van der Waals surface area contributed by atoms with Gasteiger partial charge in [-0.15, -0.1) is 0 Å². The first-order valence-electron chi connectivity index (χ1n) is 8.29. The van der Waals surface area contributed by atoms with Gasteiger partial charge < -0.3 is 4.90 Å². The van der Waals surface area contributed by atoms with Crippen molar-refractivity contribution in [3.05, 3.63) is 65.9 Å². The Morgan fingerprint density at radius 2 is 1.69 bits per heavy atom. The number of H-pyrrole nitrogens is 1. The summed E-state index contributed by atoms with van der Waals surface area (Å²) in [7, 11) is 0. The molecule has 1 amide bonds. The standard InChI is InChI=1S/C19H18F3N3O/c20-19(21,22)16-7-8-17(23-14-16)24-10-12-25(13-11-24)18(26)9-6-15-4-2-1-3-5-15/h1-9,14H,10-13H2/p+1/b9-6+. The van der Waals surface area contributed by atoms with Crippen molar-refractivity contribution < 1.29 is 22.9 Å². The van der Waals surface area contributed by atoms with Crippen molar-refractivity contribution in [3.63, 3.8) is 0 Å². The number of hydrogen-bond donors (Lipinski definition) is 0. The van der Waals surface area contributed by atoms with E-state index in [1.54, 1.807) is 17.1 Å². The molecule has 2 heterocycles. The first-order valence-corrected chi connectivity index (χ1v) is 8.29. The highest BCUT2D eigenvalue weighted by Gasteiger charge is 2.32. The predicted molar refractivity (Wildman–Crippen MR) is 92.3 cm³/mol. The Bertz CT molecular complexity index is 765. The fourth-order valence-corrected chi connectivity index (χ4v) is 2.79. The molecule has 0 saturated carbocycles. The molecule has 0 radical (unpaired) electrons. The van der Waals surface area contributed by atoms with Crippen LogP contribution in [0.15, 0.2) is 54.7 Å². The number of carbonyl (C=O) groups is 1. The van der Waals surface area contributed by atoms with Crippen LogP contribution in [0.2, 0.25) is 0 Å². The van der Waals surface area contributed by atoms with E-state index in [2.05, 4.69) is 4.98 Å². The number of aromatic amines is 1. The van der Waals surface area contributed by atoms with Crippen LogP contribution in [0.5, 0.6) is 0 Å². The molecule has 1 saturated heterocycles. The second-order valence-electron chi connectivity index (χ2n) is 6.02. The Labute approximate surface area is 149 Å². The highest BCUT2D eigenvalue weighted by atomic mass is 19.4. The fourth-order valence-electron chi connectivity index (χ4n) is 2.79. The van der Waals surface area contributed by atoms with Gasteiger partial charge in [0, 0.05) is 12.1 Å². The topological polar surface area (TPSA) is 37.7 Å². The first-order chi connectivity index (χ1) is 12.4. The summed E-state index contributed by atoms with van der Waals surface area (Å²) in [6.45, 7) is 2.17. The summed E-state index contributed by atoms with van der Waals surface area (Å²) < 4.78 is 37.8. The summed E-state index contributed by atoms with van der Waals surface area (Å²) in [6.07, 6.45) is -0.0612. The predicted octanol–water partition coefficient (Wildman–Crippen LogP) is 2.88. The summed E-state index contributed by atoms with van der Waals surface area (Å²) in [6, 6.07) is 12.1. The third kappa shape index (κ3) is 4.41. The Balaban J connectivity index is 1.55. The molecule has 0 atom stereocenters. The maximum Gasteiger partial charge on any atom is 0.419 e. The summed E-state index contributed by atoms with van der Waals surface area (Å²) in [5.74, 6) is 0.551. The highest BCUT2D eigenvalue weighted by Crippen LogP contribution is 2.28. The van der Waals surface area contributed by atoms with Crippen molar-refractivity contribution in [2.24, 2.45) is 0 Å². The van der Waals surface area contributed by atoms with Gasteiger partial charge >= 0.3 is 6.18 Å². The number of carbonyl (C=O) groups excluding carboxylic acids is 1. The molecule has 0 bridgehead atoms. The SMILES string of the molecule is O=C(/C=C/c1ccccc1)N1CCN(c2ccc(C(F)(F)F)c[nH+]2)CC1. The van der Waals surface area contributed by atoms with Gasteiger partial charge in [-0.1, -0.05) is 30.3 Å². The smallest absolute Gasteiger partial charge is 0.331 e. The van der Waals surface area contributed by atoms with Crippen LogP contribution in [0.3, 0.4) is 0 Å². The van der Waals surface area contributed by atoms with Crippen LogP contribution >= 0.6 is 0 Å². The zero-order valence-corrected chi connectivity index (χ0v) is 14.0. The van der Waals surface area contributed by atoms with Crippen molar-refractivity contribution in [1.82, 2.24) is 4.90 Å². The number of piperazine rings is 1. The van der Waals surface area contributed by atoms with Crippen LogP contribution in [0.4, 0.5) is 19.0 Å². The maximum atomic E-state index is 12.6. The van der Waals surface area contributed by atoms with Crippen LogP contribution in [-0.2, 0) is 11.0 Å². The number of benzene rings is 1. The lowest BCUT2D eigenvalue weighted by Crippen LogP contribution is -2.49. The lowest BCUT2D eigenvalue weighted by Gasteiger charge is -2.30. The Morgan fingerprint density at radius 3 is 2.27 bits per heavy atom. The zero-order valence-electron chi connectivity index (χ0n) is 14.0. The van der Waals surface area contributed by atoms with E-state index in [0.29, 0.717) is 32.0 Å². The average molecular weight is 362 g/mol. The van der Waals surface area contributed by atoms with Crippen LogP contribution in [-0.4, -0.2) is 37.0 Å². The van der Waals surface area contributed by atoms with Gasteiger partial charge in [-0.2, -0.15) is 13.2 Å². The van der Waals surface area contributed by atoms with E-state index in [0.717, 1.165) is 17.8 Å². The number of pyridine rings is 1. The second-order valence-corrected chi connectivity index (χ2v) is 6.02. The molecule has 1 aliphatic rings. The van der Waals surface area contributed by atoms with Crippen LogP contribution < -0.4 is 9.88 Å². The van der Waals surface area contributed by atoms with E-state index in [9.17, 15) is 18.0 Å². The number of nitrogens with zero attached hydrogens (tertiary/aromatic N) is 2. The third-order valence-corrected chi connectivity index (χ3v) is 4.27. The number of hydrogen-bond acceptors (Lipinski definition) is 2. The molecule has 1 aromatic heterocycles. The Kier molecular flexibility index (Phi) is 5.25. The summed E-state index contributed by atoms with van der Waals surface area (Å²) in [5.41, 5.74) is 0.250. The third-order valence-electron chi connectivity index (χ3n) is 4.27. The van der Waals surface area contributed by atoms with Gasteiger partial charge in [-0.05, 0) is 17.7 Å². The summed E-state index contributed by atoms with van der Waals surface area (Å²) in [5, 5.41) is 0. The molecule has 1 N–H and O–H groups in total. The van der Waals surface area contributed by atoms with E-state index >= 15 is 0 Å². The van der Waals surface area contributed by atoms with Crippen molar-refractivity contribution >= 4 is 17.8 Å². The van der Waals surface area contributed by atoms with E-state index < -0.39 is 11.7 Å². The minimum absolute atomic E-state index is 0.0649. The molecule has 4 nitrogen and oxygen atoms in total. The Hall–Kier alpha value is -2.83. The average Bonchev–Trinajstić information content (AvgIpc) is 2.66. The molecule has 1 aromatic carbocycles. The molecule has 0 spiro atoms. The lowest BCUT2D eigenvalue weighted by molar-refractivity contribution is -0.367. The number of aromatic nitrogens is 1. The molecule has 7 heteroatoms. The number of nitrogens with one attached hydrogen (secondary N) is 1. The summed E-state index contributed by atoms with van der Waals surface area (Å²) >= 11 is 0. The van der Waals surface area contributed by atoms with Crippen molar-refractivity contribution in [2.45, 2.75) is 6.18 Å². The van der Waals surface area contributed by atoms with Crippen molar-refractivity contribution in [3.8, 4) is 0 Å².